The lowest BCUT2D eigenvalue weighted by atomic mass is 9.82. The Balaban J connectivity index is 2.58. The van der Waals surface area contributed by atoms with Crippen LogP contribution in [-0.4, -0.2) is 5.88 Å². The Labute approximate surface area is 100 Å². The Morgan fingerprint density at radius 2 is 1.80 bits per heavy atom. The number of alkyl halides is 1. The minimum Gasteiger partial charge on any atom is -0.122 e. The summed E-state index contributed by atoms with van der Waals surface area (Å²) < 4.78 is 0. The lowest BCUT2D eigenvalue weighted by Gasteiger charge is -2.24. The van der Waals surface area contributed by atoms with Gasteiger partial charge in [0.15, 0.2) is 0 Å². The summed E-state index contributed by atoms with van der Waals surface area (Å²) in [6, 6.07) is 0. The van der Waals surface area contributed by atoms with Crippen molar-refractivity contribution in [3.63, 3.8) is 0 Å². The van der Waals surface area contributed by atoms with E-state index >= 15 is 0 Å². The SMILES string of the molecule is CCC(C=C(CCl)C1CCCCC1)CC. The second-order valence-corrected chi connectivity index (χ2v) is 5.05. The molecule has 0 amide bonds. The molecule has 1 heteroatoms. The average molecular weight is 229 g/mol. The van der Waals surface area contributed by atoms with E-state index in [1.807, 2.05) is 0 Å². The normalized spacial score (nSPS) is 19.9. The monoisotopic (exact) mass is 228 g/mol. The minimum atomic E-state index is 0.751. The predicted molar refractivity (Wildman–Crippen MR) is 69.5 cm³/mol. The minimum absolute atomic E-state index is 0.751. The van der Waals surface area contributed by atoms with Crippen LogP contribution in [0.4, 0.5) is 0 Å². The van der Waals surface area contributed by atoms with Crippen LogP contribution in [0, 0.1) is 11.8 Å². The maximum absolute atomic E-state index is 6.09. The molecule has 15 heavy (non-hydrogen) atoms. The van der Waals surface area contributed by atoms with E-state index < -0.39 is 0 Å². The summed E-state index contributed by atoms with van der Waals surface area (Å²) >= 11 is 6.09. The molecule has 1 rings (SSSR count). The highest BCUT2D eigenvalue weighted by atomic mass is 35.5. The topological polar surface area (TPSA) is 0 Å². The van der Waals surface area contributed by atoms with Gasteiger partial charge < -0.3 is 0 Å². The Kier molecular flexibility index (Phi) is 6.40. The van der Waals surface area contributed by atoms with E-state index in [1.54, 1.807) is 0 Å². The van der Waals surface area contributed by atoms with Crippen molar-refractivity contribution >= 4 is 11.6 Å². The summed E-state index contributed by atoms with van der Waals surface area (Å²) in [5.74, 6) is 2.30. The first-order chi connectivity index (χ1) is 7.31. The van der Waals surface area contributed by atoms with Gasteiger partial charge in [-0.2, -0.15) is 0 Å². The molecule has 1 aliphatic carbocycles. The highest BCUT2D eigenvalue weighted by Crippen LogP contribution is 2.31. The van der Waals surface area contributed by atoms with Gasteiger partial charge >= 0.3 is 0 Å². The standard InChI is InChI=1S/C14H25Cl/c1-3-12(4-2)10-14(11-15)13-8-6-5-7-9-13/h10,12-13H,3-9,11H2,1-2H3. The van der Waals surface area contributed by atoms with Crippen LogP contribution in [0.15, 0.2) is 11.6 Å². The van der Waals surface area contributed by atoms with Crippen LogP contribution < -0.4 is 0 Å². The number of allylic oxidation sites excluding steroid dienone is 2. The van der Waals surface area contributed by atoms with E-state index in [0.29, 0.717) is 0 Å². The molecule has 0 saturated heterocycles. The largest absolute Gasteiger partial charge is 0.122 e. The van der Waals surface area contributed by atoms with Gasteiger partial charge in [-0.1, -0.05) is 44.8 Å². The zero-order valence-corrected chi connectivity index (χ0v) is 11.0. The van der Waals surface area contributed by atoms with Gasteiger partial charge in [0.25, 0.3) is 0 Å². The molecule has 0 atom stereocenters. The highest BCUT2D eigenvalue weighted by molar-refractivity contribution is 6.19. The Morgan fingerprint density at radius 1 is 1.20 bits per heavy atom. The van der Waals surface area contributed by atoms with E-state index in [-0.39, 0.29) is 0 Å². The third-order valence-electron chi connectivity index (χ3n) is 3.78. The fourth-order valence-electron chi connectivity index (χ4n) is 2.59. The van der Waals surface area contributed by atoms with Crippen molar-refractivity contribution < 1.29 is 0 Å². The summed E-state index contributed by atoms with van der Waals surface area (Å²) in [5, 5.41) is 0. The molecule has 0 heterocycles. The van der Waals surface area contributed by atoms with Crippen molar-refractivity contribution in [1.82, 2.24) is 0 Å². The lowest BCUT2D eigenvalue weighted by molar-refractivity contribution is 0.400. The van der Waals surface area contributed by atoms with Gasteiger partial charge in [-0.3, -0.25) is 0 Å². The fraction of sp³-hybridized carbons (Fsp3) is 0.857. The van der Waals surface area contributed by atoms with Crippen LogP contribution >= 0.6 is 11.6 Å². The van der Waals surface area contributed by atoms with Gasteiger partial charge in [-0.05, 0) is 37.5 Å². The zero-order chi connectivity index (χ0) is 11.1. The first kappa shape index (κ1) is 13.1. The molecule has 0 spiro atoms. The number of rotatable bonds is 5. The molecule has 0 radical (unpaired) electrons. The van der Waals surface area contributed by atoms with Crippen LogP contribution in [0.1, 0.15) is 58.8 Å². The van der Waals surface area contributed by atoms with Gasteiger partial charge in [0.05, 0.1) is 0 Å². The smallest absolute Gasteiger partial charge is 0.0436 e. The summed E-state index contributed by atoms with van der Waals surface area (Å²) in [7, 11) is 0. The molecule has 0 N–H and O–H groups in total. The van der Waals surface area contributed by atoms with Gasteiger partial charge in [0.2, 0.25) is 0 Å². The summed E-state index contributed by atoms with van der Waals surface area (Å²) in [4.78, 5) is 0. The molecular formula is C14H25Cl. The molecule has 0 bridgehead atoms. The zero-order valence-electron chi connectivity index (χ0n) is 10.3. The molecule has 0 aromatic carbocycles. The first-order valence-electron chi connectivity index (χ1n) is 6.58. The Bertz CT molecular complexity index is 186. The van der Waals surface area contributed by atoms with E-state index in [4.69, 9.17) is 11.6 Å². The summed E-state index contributed by atoms with van der Waals surface area (Å²) in [6.07, 6.45) is 12.0. The van der Waals surface area contributed by atoms with Gasteiger partial charge in [0, 0.05) is 5.88 Å². The van der Waals surface area contributed by atoms with Crippen molar-refractivity contribution in [2.75, 3.05) is 5.88 Å². The van der Waals surface area contributed by atoms with E-state index in [2.05, 4.69) is 19.9 Å². The molecule has 0 aromatic heterocycles. The fourth-order valence-corrected chi connectivity index (χ4v) is 2.90. The summed E-state index contributed by atoms with van der Waals surface area (Å²) in [5.41, 5.74) is 1.53. The van der Waals surface area contributed by atoms with Crippen molar-refractivity contribution in [3.8, 4) is 0 Å². The third kappa shape index (κ3) is 4.18. The molecule has 0 unspecified atom stereocenters. The number of hydrogen-bond acceptors (Lipinski definition) is 0. The van der Waals surface area contributed by atoms with Gasteiger partial charge in [-0.25, -0.2) is 0 Å². The molecular weight excluding hydrogens is 204 g/mol. The predicted octanol–water partition coefficient (Wildman–Crippen LogP) is 5.17. The lowest BCUT2D eigenvalue weighted by Crippen LogP contribution is -2.11. The van der Waals surface area contributed by atoms with E-state index in [1.165, 1.54) is 50.5 Å². The third-order valence-corrected chi connectivity index (χ3v) is 4.09. The molecule has 0 nitrogen and oxygen atoms in total. The number of hydrogen-bond donors (Lipinski definition) is 0. The van der Waals surface area contributed by atoms with Crippen molar-refractivity contribution in [2.24, 2.45) is 11.8 Å². The average Bonchev–Trinajstić information content (AvgIpc) is 2.32. The Hall–Kier alpha value is 0.0300. The quantitative estimate of drug-likeness (QED) is 0.450. The van der Waals surface area contributed by atoms with Crippen LogP contribution in [0.25, 0.3) is 0 Å². The molecule has 1 saturated carbocycles. The number of halogens is 1. The highest BCUT2D eigenvalue weighted by Gasteiger charge is 2.17. The molecule has 0 aliphatic heterocycles. The van der Waals surface area contributed by atoms with Crippen LogP contribution in [-0.2, 0) is 0 Å². The second-order valence-electron chi connectivity index (χ2n) is 4.79. The second kappa shape index (κ2) is 7.33. The molecule has 1 aliphatic rings. The van der Waals surface area contributed by atoms with Crippen LogP contribution in [0.2, 0.25) is 0 Å². The van der Waals surface area contributed by atoms with Crippen molar-refractivity contribution in [3.05, 3.63) is 11.6 Å². The molecule has 1 fully saturated rings. The van der Waals surface area contributed by atoms with E-state index in [9.17, 15) is 0 Å². The maximum atomic E-state index is 6.09. The van der Waals surface area contributed by atoms with Crippen molar-refractivity contribution in [2.45, 2.75) is 58.8 Å². The van der Waals surface area contributed by atoms with E-state index in [0.717, 1.165) is 17.7 Å². The van der Waals surface area contributed by atoms with Gasteiger partial charge in [-0.15, -0.1) is 11.6 Å². The van der Waals surface area contributed by atoms with Crippen LogP contribution in [0.5, 0.6) is 0 Å². The van der Waals surface area contributed by atoms with Crippen LogP contribution in [0.3, 0.4) is 0 Å². The van der Waals surface area contributed by atoms with Crippen molar-refractivity contribution in [1.29, 1.82) is 0 Å². The first-order valence-corrected chi connectivity index (χ1v) is 7.11. The van der Waals surface area contributed by atoms with Gasteiger partial charge in [0.1, 0.15) is 0 Å². The molecule has 88 valence electrons. The molecule has 0 aromatic rings. The summed E-state index contributed by atoms with van der Waals surface area (Å²) in [6.45, 7) is 4.55. The maximum Gasteiger partial charge on any atom is 0.0436 e. The Morgan fingerprint density at radius 3 is 2.27 bits per heavy atom.